The smallest absolute Gasteiger partial charge is 0.260 e. The second-order valence-corrected chi connectivity index (χ2v) is 9.01. The van der Waals surface area contributed by atoms with Crippen LogP contribution in [0.3, 0.4) is 0 Å². The Labute approximate surface area is 174 Å². The molecule has 2 heterocycles. The van der Waals surface area contributed by atoms with Gasteiger partial charge in [-0.2, -0.15) is 4.31 Å². The van der Waals surface area contributed by atoms with Crippen LogP contribution in [0, 0.1) is 0 Å². The Morgan fingerprint density at radius 2 is 1.90 bits per heavy atom. The van der Waals surface area contributed by atoms with Crippen LogP contribution in [0.25, 0.3) is 0 Å². The Morgan fingerprint density at radius 1 is 1.14 bits per heavy atom. The Hall–Kier alpha value is -2.39. The van der Waals surface area contributed by atoms with Crippen LogP contribution in [0.5, 0.6) is 5.75 Å². The van der Waals surface area contributed by atoms with Crippen LogP contribution in [-0.4, -0.2) is 35.8 Å². The third kappa shape index (κ3) is 4.62. The molecule has 0 bridgehead atoms. The number of hydrogen-bond acceptors (Lipinski definition) is 5. The zero-order chi connectivity index (χ0) is 20.3. The number of nitrogens with zero attached hydrogens (tertiary/aromatic N) is 2. The van der Waals surface area contributed by atoms with E-state index >= 15 is 0 Å². The molecular weight excluding hydrogens is 414 g/mol. The number of nitrogens with one attached hydrogen (secondary N) is 1. The topological polar surface area (TPSA) is 84.5 Å². The fourth-order valence-electron chi connectivity index (χ4n) is 3.11. The lowest BCUT2D eigenvalue weighted by molar-refractivity contribution is 0.107. The third-order valence-corrected chi connectivity index (χ3v) is 6.63. The van der Waals surface area contributed by atoms with Gasteiger partial charge in [-0.05, 0) is 35.4 Å². The van der Waals surface area contributed by atoms with Gasteiger partial charge in [-0.3, -0.25) is 0 Å². The lowest BCUT2D eigenvalue weighted by Gasteiger charge is -2.18. The Bertz CT molecular complexity index is 1070. The number of fused-ring (bicyclic) bond motifs is 1. The fraction of sp³-hybridized carbons (Fsp3) is 0.250. The fourth-order valence-corrected chi connectivity index (χ4v) is 4.53. The highest BCUT2D eigenvalue weighted by molar-refractivity contribution is 7.89. The number of ether oxygens (including phenoxy) is 2. The molecule has 29 heavy (non-hydrogen) atoms. The maximum Gasteiger partial charge on any atom is 0.260 e. The van der Waals surface area contributed by atoms with E-state index in [1.54, 1.807) is 0 Å². The summed E-state index contributed by atoms with van der Waals surface area (Å²) in [7, 11) is -3.66. The second-order valence-electron chi connectivity index (χ2n) is 6.66. The van der Waals surface area contributed by atoms with E-state index in [9.17, 15) is 8.42 Å². The summed E-state index contributed by atoms with van der Waals surface area (Å²) >= 11 is 5.89. The van der Waals surface area contributed by atoms with Gasteiger partial charge in [0.2, 0.25) is 0 Å². The van der Waals surface area contributed by atoms with Crippen LogP contribution >= 0.6 is 11.6 Å². The van der Waals surface area contributed by atoms with Crippen LogP contribution < -0.4 is 4.74 Å². The highest BCUT2D eigenvalue weighted by atomic mass is 35.5. The molecule has 0 saturated heterocycles. The van der Waals surface area contributed by atoms with Crippen LogP contribution in [0.4, 0.5) is 0 Å². The maximum absolute atomic E-state index is 12.8. The van der Waals surface area contributed by atoms with Crippen molar-refractivity contribution < 1.29 is 17.9 Å². The van der Waals surface area contributed by atoms with Crippen molar-refractivity contribution in [1.82, 2.24) is 14.3 Å². The van der Waals surface area contributed by atoms with Gasteiger partial charge in [0.25, 0.3) is 10.0 Å². The molecule has 4 rings (SSSR count). The standard InChI is InChI=1S/C20H20ClN3O4S/c21-18-4-1-15(2-5-18)12-27-13-16-3-6-19-17(9-16)11-24(7-8-28-19)29(25,26)20-10-22-14-23-20/h1-6,9-10,14H,7-8,11-13H2,(H,22,23). The summed E-state index contributed by atoms with van der Waals surface area (Å²) in [5.74, 6) is 0.689. The van der Waals surface area contributed by atoms with E-state index in [0.717, 1.165) is 16.7 Å². The van der Waals surface area contributed by atoms with Gasteiger partial charge in [0, 0.05) is 23.7 Å². The monoisotopic (exact) mass is 433 g/mol. The molecule has 0 amide bonds. The lowest BCUT2D eigenvalue weighted by Crippen LogP contribution is -2.32. The lowest BCUT2D eigenvalue weighted by atomic mass is 10.1. The Morgan fingerprint density at radius 3 is 2.66 bits per heavy atom. The number of rotatable bonds is 6. The Kier molecular flexibility index (Phi) is 5.86. The van der Waals surface area contributed by atoms with Gasteiger partial charge < -0.3 is 14.5 Å². The van der Waals surface area contributed by atoms with E-state index in [1.807, 2.05) is 42.5 Å². The molecular formula is C20H20ClN3O4S. The summed E-state index contributed by atoms with van der Waals surface area (Å²) in [6, 6.07) is 13.2. The minimum atomic E-state index is -3.66. The molecule has 0 saturated carbocycles. The first-order valence-electron chi connectivity index (χ1n) is 9.08. The number of benzene rings is 2. The molecule has 1 aliphatic heterocycles. The summed E-state index contributed by atoms with van der Waals surface area (Å²) in [6.45, 7) is 1.64. The molecule has 0 aliphatic carbocycles. The van der Waals surface area contributed by atoms with E-state index in [1.165, 1.54) is 16.8 Å². The SMILES string of the molecule is O=S(=O)(c1cnc[nH]1)N1CCOc2ccc(COCc3ccc(Cl)cc3)cc2C1. The van der Waals surface area contributed by atoms with Crippen molar-refractivity contribution in [3.05, 3.63) is 76.7 Å². The summed E-state index contributed by atoms with van der Waals surface area (Å²) in [6.07, 6.45) is 2.66. The first kappa shape index (κ1) is 19.9. The van der Waals surface area contributed by atoms with Crippen LogP contribution in [0.15, 0.2) is 60.0 Å². The minimum absolute atomic E-state index is 0.0726. The maximum atomic E-state index is 12.8. The molecule has 0 fully saturated rings. The predicted octanol–water partition coefficient (Wildman–Crippen LogP) is 3.36. The molecule has 0 atom stereocenters. The Balaban J connectivity index is 1.46. The molecule has 3 aromatic rings. The van der Waals surface area contributed by atoms with Gasteiger partial charge in [-0.25, -0.2) is 13.4 Å². The highest BCUT2D eigenvalue weighted by Crippen LogP contribution is 2.27. The van der Waals surface area contributed by atoms with Gasteiger partial charge in [0.05, 0.1) is 25.7 Å². The number of H-pyrrole nitrogens is 1. The van der Waals surface area contributed by atoms with E-state index < -0.39 is 10.0 Å². The third-order valence-electron chi connectivity index (χ3n) is 4.61. The summed E-state index contributed by atoms with van der Waals surface area (Å²) in [5, 5.41) is 0.762. The number of sulfonamides is 1. The second kappa shape index (κ2) is 8.54. The van der Waals surface area contributed by atoms with Gasteiger partial charge in [-0.1, -0.05) is 29.8 Å². The van der Waals surface area contributed by atoms with Gasteiger partial charge >= 0.3 is 0 Å². The van der Waals surface area contributed by atoms with E-state index in [0.29, 0.717) is 24.0 Å². The molecule has 1 aliphatic rings. The van der Waals surface area contributed by atoms with Crippen LogP contribution in [0.1, 0.15) is 16.7 Å². The predicted molar refractivity (Wildman–Crippen MR) is 108 cm³/mol. The molecule has 0 radical (unpaired) electrons. The first-order chi connectivity index (χ1) is 14.0. The van der Waals surface area contributed by atoms with Crippen molar-refractivity contribution in [3.8, 4) is 5.75 Å². The van der Waals surface area contributed by atoms with Crippen molar-refractivity contribution in [2.24, 2.45) is 0 Å². The number of imidazole rings is 1. The number of halogens is 1. The molecule has 1 aromatic heterocycles. The normalized spacial score (nSPS) is 14.8. The highest BCUT2D eigenvalue weighted by Gasteiger charge is 2.28. The molecule has 152 valence electrons. The summed E-state index contributed by atoms with van der Waals surface area (Å²) in [5.41, 5.74) is 2.78. The molecule has 2 aromatic carbocycles. The largest absolute Gasteiger partial charge is 0.492 e. The van der Waals surface area contributed by atoms with Crippen LogP contribution in [-0.2, 0) is 34.5 Å². The molecule has 9 heteroatoms. The quantitative estimate of drug-likeness (QED) is 0.644. The van der Waals surface area contributed by atoms with Crippen molar-refractivity contribution in [1.29, 1.82) is 0 Å². The van der Waals surface area contributed by atoms with Crippen molar-refractivity contribution in [3.63, 3.8) is 0 Å². The van der Waals surface area contributed by atoms with Crippen molar-refractivity contribution in [2.45, 2.75) is 24.8 Å². The van der Waals surface area contributed by atoms with E-state index in [4.69, 9.17) is 21.1 Å². The number of aromatic amines is 1. The zero-order valence-electron chi connectivity index (χ0n) is 15.5. The van der Waals surface area contributed by atoms with Crippen LogP contribution in [0.2, 0.25) is 5.02 Å². The van der Waals surface area contributed by atoms with Crippen molar-refractivity contribution >= 4 is 21.6 Å². The van der Waals surface area contributed by atoms with Gasteiger partial charge in [0.15, 0.2) is 5.03 Å². The van der Waals surface area contributed by atoms with Crippen molar-refractivity contribution in [2.75, 3.05) is 13.2 Å². The number of aromatic nitrogens is 2. The number of hydrogen-bond donors (Lipinski definition) is 1. The minimum Gasteiger partial charge on any atom is -0.492 e. The molecule has 0 spiro atoms. The first-order valence-corrected chi connectivity index (χ1v) is 10.9. The van der Waals surface area contributed by atoms with Gasteiger partial charge in [-0.15, -0.1) is 0 Å². The zero-order valence-corrected chi connectivity index (χ0v) is 17.1. The average molecular weight is 434 g/mol. The molecule has 7 nitrogen and oxygen atoms in total. The molecule has 0 unspecified atom stereocenters. The van der Waals surface area contributed by atoms with E-state index in [2.05, 4.69) is 9.97 Å². The van der Waals surface area contributed by atoms with E-state index in [-0.39, 0.29) is 24.7 Å². The summed E-state index contributed by atoms with van der Waals surface area (Å²) < 4.78 is 38.6. The summed E-state index contributed by atoms with van der Waals surface area (Å²) in [4.78, 5) is 6.48. The average Bonchev–Trinajstić information content (AvgIpc) is 3.17. The molecule has 1 N–H and O–H groups in total. The van der Waals surface area contributed by atoms with Gasteiger partial charge in [0.1, 0.15) is 12.4 Å².